The van der Waals surface area contributed by atoms with E-state index >= 15 is 0 Å². The lowest BCUT2D eigenvalue weighted by molar-refractivity contribution is -0.0612. The Kier molecular flexibility index (Phi) is 4.10. The number of hydrogen-bond acceptors (Lipinski definition) is 2. The van der Waals surface area contributed by atoms with Gasteiger partial charge in [-0.05, 0) is 54.7 Å². The van der Waals surface area contributed by atoms with Gasteiger partial charge in [-0.2, -0.15) is 0 Å². The number of fused-ring (bicyclic) bond motifs is 3. The first-order valence-corrected chi connectivity index (χ1v) is 10.0. The standard InChI is InChI=1S/C26H25NO/c1-26(2)24-17-20-13-9-10-16-22(20)23(24)18-25(19-11-5-3-6-12-19)27(28-26)21-14-7-4-8-15-21/h3-16,18,24-25H,17H2,1-2H3/t24?,25-/m0/s1. The van der Waals surface area contributed by atoms with E-state index in [2.05, 4.69) is 104 Å². The molecule has 1 heterocycles. The SMILES string of the molecule is CC1(C)ON(c2ccccc2)[C@H](c2ccccc2)C=C2c3ccccc3CC21. The molecule has 0 fully saturated rings. The molecule has 28 heavy (non-hydrogen) atoms. The first-order valence-electron chi connectivity index (χ1n) is 10.0. The topological polar surface area (TPSA) is 12.5 Å². The molecule has 2 atom stereocenters. The normalized spacial score (nSPS) is 22.8. The molecule has 3 aromatic carbocycles. The van der Waals surface area contributed by atoms with Crippen molar-refractivity contribution >= 4 is 11.3 Å². The summed E-state index contributed by atoms with van der Waals surface area (Å²) in [5, 5.41) is 2.10. The van der Waals surface area contributed by atoms with E-state index in [1.807, 2.05) is 6.07 Å². The lowest BCUT2D eigenvalue weighted by atomic mass is 9.84. The Labute approximate surface area is 167 Å². The van der Waals surface area contributed by atoms with Crippen molar-refractivity contribution in [3.05, 3.63) is 108 Å². The van der Waals surface area contributed by atoms with Crippen LogP contribution in [0, 0.1) is 5.92 Å². The molecule has 2 nitrogen and oxygen atoms in total. The average molecular weight is 367 g/mol. The van der Waals surface area contributed by atoms with Crippen LogP contribution in [0.4, 0.5) is 5.69 Å². The van der Waals surface area contributed by atoms with E-state index in [9.17, 15) is 0 Å². The van der Waals surface area contributed by atoms with Gasteiger partial charge in [0.1, 0.15) is 6.04 Å². The highest BCUT2D eigenvalue weighted by atomic mass is 16.7. The van der Waals surface area contributed by atoms with E-state index < -0.39 is 0 Å². The fraction of sp³-hybridized carbons (Fsp3) is 0.231. The van der Waals surface area contributed by atoms with E-state index in [0.29, 0.717) is 5.92 Å². The van der Waals surface area contributed by atoms with Crippen molar-refractivity contribution in [3.63, 3.8) is 0 Å². The van der Waals surface area contributed by atoms with E-state index in [-0.39, 0.29) is 11.6 Å². The molecule has 0 N–H and O–H groups in total. The maximum atomic E-state index is 6.78. The highest BCUT2D eigenvalue weighted by Crippen LogP contribution is 2.49. The number of nitrogens with zero attached hydrogens (tertiary/aromatic N) is 1. The zero-order valence-electron chi connectivity index (χ0n) is 16.4. The molecule has 1 aliphatic carbocycles. The third-order valence-electron chi connectivity index (χ3n) is 6.04. The molecule has 0 saturated heterocycles. The fourth-order valence-electron chi connectivity index (χ4n) is 4.61. The Morgan fingerprint density at radius 2 is 1.46 bits per heavy atom. The Morgan fingerprint density at radius 3 is 2.21 bits per heavy atom. The maximum Gasteiger partial charge on any atom is 0.100 e. The molecule has 0 saturated carbocycles. The van der Waals surface area contributed by atoms with Crippen molar-refractivity contribution in [1.29, 1.82) is 0 Å². The number of rotatable bonds is 2. The maximum absolute atomic E-state index is 6.78. The summed E-state index contributed by atoms with van der Waals surface area (Å²) in [5.41, 5.74) is 6.21. The van der Waals surface area contributed by atoms with Crippen molar-refractivity contribution in [2.24, 2.45) is 5.92 Å². The molecule has 1 aliphatic heterocycles. The summed E-state index contributed by atoms with van der Waals surface area (Å²) in [6.07, 6.45) is 3.45. The highest BCUT2D eigenvalue weighted by molar-refractivity contribution is 5.77. The van der Waals surface area contributed by atoms with Crippen molar-refractivity contribution in [1.82, 2.24) is 0 Å². The van der Waals surface area contributed by atoms with Crippen LogP contribution in [0.2, 0.25) is 0 Å². The summed E-state index contributed by atoms with van der Waals surface area (Å²) in [4.78, 5) is 6.78. The monoisotopic (exact) mass is 367 g/mol. The van der Waals surface area contributed by atoms with Crippen LogP contribution in [0.5, 0.6) is 0 Å². The fourth-order valence-corrected chi connectivity index (χ4v) is 4.61. The van der Waals surface area contributed by atoms with Gasteiger partial charge in [0.25, 0.3) is 0 Å². The summed E-state index contributed by atoms with van der Waals surface area (Å²) in [7, 11) is 0. The van der Waals surface area contributed by atoms with E-state index in [4.69, 9.17) is 4.84 Å². The third kappa shape index (κ3) is 2.85. The van der Waals surface area contributed by atoms with Crippen LogP contribution in [-0.4, -0.2) is 5.60 Å². The van der Waals surface area contributed by atoms with Gasteiger partial charge in [0.05, 0.1) is 11.3 Å². The Bertz CT molecular complexity index is 1010. The summed E-state index contributed by atoms with van der Waals surface area (Å²) in [5.74, 6) is 0.338. The van der Waals surface area contributed by atoms with Gasteiger partial charge in [-0.15, -0.1) is 0 Å². The van der Waals surface area contributed by atoms with Crippen molar-refractivity contribution in [2.75, 3.05) is 5.06 Å². The molecule has 2 heteroatoms. The molecule has 0 radical (unpaired) electrons. The molecule has 5 rings (SSSR count). The highest BCUT2D eigenvalue weighted by Gasteiger charge is 2.44. The van der Waals surface area contributed by atoms with Crippen molar-refractivity contribution in [2.45, 2.75) is 31.9 Å². The van der Waals surface area contributed by atoms with Crippen LogP contribution in [0.3, 0.4) is 0 Å². The second-order valence-corrected chi connectivity index (χ2v) is 8.25. The van der Waals surface area contributed by atoms with Gasteiger partial charge in [0, 0.05) is 5.92 Å². The zero-order chi connectivity index (χ0) is 19.1. The van der Waals surface area contributed by atoms with Crippen molar-refractivity contribution in [3.8, 4) is 0 Å². The minimum absolute atomic E-state index is 0.0223. The molecule has 1 unspecified atom stereocenters. The van der Waals surface area contributed by atoms with Gasteiger partial charge < -0.3 is 0 Å². The molecule has 0 amide bonds. The Morgan fingerprint density at radius 1 is 0.821 bits per heavy atom. The smallest absolute Gasteiger partial charge is 0.100 e. The van der Waals surface area contributed by atoms with Gasteiger partial charge in [-0.25, -0.2) is 5.06 Å². The zero-order valence-corrected chi connectivity index (χ0v) is 16.4. The van der Waals surface area contributed by atoms with Crippen LogP contribution in [0.1, 0.15) is 36.6 Å². The molecule has 3 aromatic rings. The lowest BCUT2D eigenvalue weighted by Gasteiger charge is -2.38. The Balaban J connectivity index is 1.71. The number of benzene rings is 3. The Hall–Kier alpha value is -2.84. The molecule has 0 aromatic heterocycles. The van der Waals surface area contributed by atoms with Gasteiger partial charge in [0.15, 0.2) is 0 Å². The predicted octanol–water partition coefficient (Wildman–Crippen LogP) is 6.21. The molecule has 140 valence electrons. The summed E-state index contributed by atoms with van der Waals surface area (Å²) < 4.78 is 0. The summed E-state index contributed by atoms with van der Waals surface area (Å²) in [6.45, 7) is 4.45. The molecular weight excluding hydrogens is 342 g/mol. The number of hydroxylamine groups is 1. The van der Waals surface area contributed by atoms with Gasteiger partial charge >= 0.3 is 0 Å². The molecule has 2 aliphatic rings. The summed E-state index contributed by atoms with van der Waals surface area (Å²) >= 11 is 0. The summed E-state index contributed by atoms with van der Waals surface area (Å²) in [6, 6.07) is 29.9. The number of anilines is 1. The van der Waals surface area contributed by atoms with E-state index in [1.165, 1.54) is 22.3 Å². The molecule has 0 bridgehead atoms. The molecule has 0 spiro atoms. The van der Waals surface area contributed by atoms with E-state index in [1.54, 1.807) is 0 Å². The first kappa shape index (κ1) is 17.3. The van der Waals surface area contributed by atoms with Gasteiger partial charge in [-0.3, -0.25) is 4.84 Å². The minimum atomic E-state index is -0.315. The first-order chi connectivity index (χ1) is 13.6. The van der Waals surface area contributed by atoms with Crippen molar-refractivity contribution < 1.29 is 4.84 Å². The van der Waals surface area contributed by atoms with Gasteiger partial charge in [-0.1, -0.05) is 78.9 Å². The predicted molar refractivity (Wildman–Crippen MR) is 115 cm³/mol. The average Bonchev–Trinajstić information content (AvgIpc) is 3.06. The van der Waals surface area contributed by atoms with Crippen LogP contribution in [0.25, 0.3) is 5.57 Å². The second-order valence-electron chi connectivity index (χ2n) is 8.25. The largest absolute Gasteiger partial charge is 0.266 e. The quantitative estimate of drug-likeness (QED) is 0.533. The second kappa shape index (κ2) is 6.65. The minimum Gasteiger partial charge on any atom is -0.266 e. The lowest BCUT2D eigenvalue weighted by Crippen LogP contribution is -2.41. The van der Waals surface area contributed by atoms with E-state index in [0.717, 1.165) is 12.1 Å². The number of para-hydroxylation sites is 1. The van der Waals surface area contributed by atoms with Crippen LogP contribution < -0.4 is 5.06 Å². The van der Waals surface area contributed by atoms with Crippen LogP contribution in [0.15, 0.2) is 91.0 Å². The third-order valence-corrected chi connectivity index (χ3v) is 6.04. The number of hydrogen-bond donors (Lipinski definition) is 0. The van der Waals surface area contributed by atoms with Crippen LogP contribution in [-0.2, 0) is 11.3 Å². The van der Waals surface area contributed by atoms with Crippen LogP contribution >= 0.6 is 0 Å². The molecular formula is C26H25NO. The van der Waals surface area contributed by atoms with Gasteiger partial charge in [0.2, 0.25) is 0 Å².